The number of aryl methyl sites for hydroxylation is 2. The van der Waals surface area contributed by atoms with Crippen molar-refractivity contribution < 1.29 is 9.53 Å². The fourth-order valence-corrected chi connectivity index (χ4v) is 2.92. The standard InChI is InChI=1S/C22H21N7O3/c1-4-29-13-15(10-26-29)19-9-16(7-8-23-19)32-17-5-6-20(25-11-17)27-21(30)18-12-24-14(2)28(3)22(18)31/h5-13H,4H2,1-3H3,(H,25,27,30). The minimum atomic E-state index is -0.578. The van der Waals surface area contributed by atoms with E-state index in [-0.39, 0.29) is 11.4 Å². The van der Waals surface area contributed by atoms with Gasteiger partial charge in [0.15, 0.2) is 0 Å². The molecule has 1 N–H and O–H groups in total. The van der Waals surface area contributed by atoms with Crippen LogP contribution in [0, 0.1) is 6.92 Å². The van der Waals surface area contributed by atoms with Gasteiger partial charge in [-0.1, -0.05) is 0 Å². The molecule has 10 nitrogen and oxygen atoms in total. The average molecular weight is 431 g/mol. The minimum absolute atomic E-state index is 0.0593. The molecule has 0 bridgehead atoms. The first kappa shape index (κ1) is 20.9. The lowest BCUT2D eigenvalue weighted by atomic mass is 10.2. The van der Waals surface area contributed by atoms with Crippen LogP contribution in [0.15, 0.2) is 60.0 Å². The fraction of sp³-hybridized carbons (Fsp3) is 0.182. The van der Waals surface area contributed by atoms with E-state index >= 15 is 0 Å². The highest BCUT2D eigenvalue weighted by atomic mass is 16.5. The van der Waals surface area contributed by atoms with Gasteiger partial charge in [0.1, 0.15) is 28.7 Å². The lowest BCUT2D eigenvalue weighted by molar-refractivity contribution is 0.102. The van der Waals surface area contributed by atoms with Gasteiger partial charge in [-0.05, 0) is 32.0 Å². The monoisotopic (exact) mass is 431 g/mol. The van der Waals surface area contributed by atoms with Gasteiger partial charge in [-0.25, -0.2) is 9.97 Å². The first-order valence-electron chi connectivity index (χ1n) is 9.91. The number of anilines is 1. The van der Waals surface area contributed by atoms with Crippen LogP contribution in [0.5, 0.6) is 11.5 Å². The third-order valence-electron chi connectivity index (χ3n) is 4.84. The van der Waals surface area contributed by atoms with Crippen LogP contribution in [0.25, 0.3) is 11.3 Å². The van der Waals surface area contributed by atoms with Gasteiger partial charge in [0.2, 0.25) is 0 Å². The van der Waals surface area contributed by atoms with Crippen LogP contribution < -0.4 is 15.6 Å². The Morgan fingerprint density at radius 1 is 1.09 bits per heavy atom. The van der Waals surface area contributed by atoms with Crippen LogP contribution in [0.3, 0.4) is 0 Å². The molecule has 0 aliphatic rings. The third kappa shape index (κ3) is 4.38. The molecular formula is C22H21N7O3. The van der Waals surface area contributed by atoms with E-state index in [9.17, 15) is 9.59 Å². The van der Waals surface area contributed by atoms with E-state index < -0.39 is 11.5 Å². The topological polar surface area (TPSA) is 117 Å². The molecule has 10 heteroatoms. The van der Waals surface area contributed by atoms with Crippen LogP contribution in [-0.4, -0.2) is 35.2 Å². The Hall–Kier alpha value is -4.34. The van der Waals surface area contributed by atoms with Gasteiger partial charge in [-0.2, -0.15) is 5.10 Å². The number of nitrogens with one attached hydrogen (secondary N) is 1. The molecule has 1 amide bonds. The minimum Gasteiger partial charge on any atom is -0.456 e. The normalized spacial score (nSPS) is 10.7. The highest BCUT2D eigenvalue weighted by Gasteiger charge is 2.14. The molecule has 162 valence electrons. The van der Waals surface area contributed by atoms with Crippen molar-refractivity contribution in [3.8, 4) is 22.8 Å². The summed E-state index contributed by atoms with van der Waals surface area (Å²) in [6, 6.07) is 6.81. The van der Waals surface area contributed by atoms with Gasteiger partial charge < -0.3 is 10.1 Å². The zero-order chi connectivity index (χ0) is 22.7. The smallest absolute Gasteiger partial charge is 0.266 e. The molecular weight excluding hydrogens is 410 g/mol. The van der Waals surface area contributed by atoms with Crippen LogP contribution in [0.2, 0.25) is 0 Å². The summed E-state index contributed by atoms with van der Waals surface area (Å²) < 4.78 is 9.00. The Labute approximate surface area is 183 Å². The van der Waals surface area contributed by atoms with Crippen molar-refractivity contribution >= 4 is 11.7 Å². The molecule has 0 unspecified atom stereocenters. The summed E-state index contributed by atoms with van der Waals surface area (Å²) in [6.07, 6.45) is 8.08. The number of carbonyl (C=O) groups is 1. The molecule has 0 fully saturated rings. The van der Waals surface area contributed by atoms with Gasteiger partial charge in [0, 0.05) is 43.8 Å². The van der Waals surface area contributed by atoms with Crippen LogP contribution in [0.4, 0.5) is 5.82 Å². The second-order valence-electron chi connectivity index (χ2n) is 6.98. The number of nitrogens with zero attached hydrogens (tertiary/aromatic N) is 6. The zero-order valence-corrected chi connectivity index (χ0v) is 17.8. The second-order valence-corrected chi connectivity index (χ2v) is 6.98. The first-order chi connectivity index (χ1) is 15.4. The molecule has 0 saturated heterocycles. The van der Waals surface area contributed by atoms with E-state index in [1.54, 1.807) is 44.6 Å². The molecule has 0 saturated carbocycles. The van der Waals surface area contributed by atoms with E-state index in [4.69, 9.17) is 4.74 Å². The Balaban J connectivity index is 1.45. The lowest BCUT2D eigenvalue weighted by Crippen LogP contribution is -2.29. The van der Waals surface area contributed by atoms with Crippen LogP contribution in [0.1, 0.15) is 23.1 Å². The number of aromatic nitrogens is 6. The number of carbonyl (C=O) groups excluding carboxylic acids is 1. The maximum atomic E-state index is 12.4. The number of rotatable bonds is 6. The highest BCUT2D eigenvalue weighted by Crippen LogP contribution is 2.25. The lowest BCUT2D eigenvalue weighted by Gasteiger charge is -2.09. The van der Waals surface area contributed by atoms with Crippen molar-refractivity contribution in [3.05, 3.63) is 77.0 Å². The van der Waals surface area contributed by atoms with Crippen molar-refractivity contribution in [2.45, 2.75) is 20.4 Å². The third-order valence-corrected chi connectivity index (χ3v) is 4.84. The van der Waals surface area contributed by atoms with Gasteiger partial charge >= 0.3 is 0 Å². The molecule has 0 spiro atoms. The van der Waals surface area contributed by atoms with Crippen molar-refractivity contribution in [3.63, 3.8) is 0 Å². The maximum Gasteiger partial charge on any atom is 0.266 e. The summed E-state index contributed by atoms with van der Waals surface area (Å²) in [5.41, 5.74) is 1.15. The Morgan fingerprint density at radius 2 is 1.94 bits per heavy atom. The summed E-state index contributed by atoms with van der Waals surface area (Å²) in [4.78, 5) is 37.3. The average Bonchev–Trinajstić information content (AvgIpc) is 3.28. The summed E-state index contributed by atoms with van der Waals surface area (Å²) in [6.45, 7) is 4.48. The zero-order valence-electron chi connectivity index (χ0n) is 17.8. The molecule has 0 aliphatic heterocycles. The molecule has 4 aromatic heterocycles. The number of amides is 1. The van der Waals surface area contributed by atoms with E-state index in [1.807, 2.05) is 23.9 Å². The molecule has 32 heavy (non-hydrogen) atoms. The van der Waals surface area contributed by atoms with E-state index in [0.29, 0.717) is 17.3 Å². The molecule has 0 radical (unpaired) electrons. The first-order valence-corrected chi connectivity index (χ1v) is 9.91. The van der Waals surface area contributed by atoms with Gasteiger partial charge in [0.05, 0.1) is 18.1 Å². The predicted molar refractivity (Wildman–Crippen MR) is 118 cm³/mol. The molecule has 4 rings (SSSR count). The Bertz CT molecular complexity index is 1330. The fourth-order valence-electron chi connectivity index (χ4n) is 2.92. The predicted octanol–water partition coefficient (Wildman–Crippen LogP) is 2.81. The number of hydrogen-bond donors (Lipinski definition) is 1. The van der Waals surface area contributed by atoms with Gasteiger partial charge in [-0.3, -0.25) is 23.8 Å². The van der Waals surface area contributed by atoms with E-state index in [2.05, 4.69) is 25.4 Å². The molecule has 0 atom stereocenters. The van der Waals surface area contributed by atoms with E-state index in [0.717, 1.165) is 17.8 Å². The van der Waals surface area contributed by atoms with Crippen LogP contribution >= 0.6 is 0 Å². The summed E-state index contributed by atoms with van der Waals surface area (Å²) >= 11 is 0. The number of ether oxygens (including phenoxy) is 1. The van der Waals surface area contributed by atoms with Gasteiger partial charge in [0.25, 0.3) is 11.5 Å². The molecule has 4 aromatic rings. The number of pyridine rings is 2. The van der Waals surface area contributed by atoms with Crippen LogP contribution in [-0.2, 0) is 13.6 Å². The van der Waals surface area contributed by atoms with E-state index in [1.165, 1.54) is 17.0 Å². The molecule has 4 heterocycles. The SMILES string of the molecule is CCn1cc(-c2cc(Oc3ccc(NC(=O)c4cnc(C)n(C)c4=O)nc3)ccn2)cn1. The van der Waals surface area contributed by atoms with Crippen molar-refractivity contribution in [1.29, 1.82) is 0 Å². The number of hydrogen-bond acceptors (Lipinski definition) is 7. The van der Waals surface area contributed by atoms with Crippen molar-refractivity contribution in [2.24, 2.45) is 7.05 Å². The summed E-state index contributed by atoms with van der Waals surface area (Å²) in [5.74, 6) is 1.30. The van der Waals surface area contributed by atoms with Gasteiger partial charge in [-0.15, -0.1) is 0 Å². The summed E-state index contributed by atoms with van der Waals surface area (Å²) in [7, 11) is 1.56. The highest BCUT2D eigenvalue weighted by molar-refractivity contribution is 6.03. The summed E-state index contributed by atoms with van der Waals surface area (Å²) in [5, 5.41) is 6.86. The molecule has 0 aliphatic carbocycles. The Kier molecular flexibility index (Phi) is 5.75. The Morgan fingerprint density at radius 3 is 2.66 bits per heavy atom. The quantitative estimate of drug-likeness (QED) is 0.499. The molecule has 0 aromatic carbocycles. The maximum absolute atomic E-state index is 12.4. The van der Waals surface area contributed by atoms with Crippen molar-refractivity contribution in [1.82, 2.24) is 29.3 Å². The largest absolute Gasteiger partial charge is 0.456 e. The van der Waals surface area contributed by atoms with Crippen molar-refractivity contribution in [2.75, 3.05) is 5.32 Å². The second kappa shape index (κ2) is 8.80.